The summed E-state index contributed by atoms with van der Waals surface area (Å²) in [6.45, 7) is 0.284. The van der Waals surface area contributed by atoms with Crippen molar-refractivity contribution >= 4 is 16.5 Å². The molecule has 0 fully saturated rings. The number of hydrogen-bond donors (Lipinski definition) is 1. The first-order valence-corrected chi connectivity index (χ1v) is 7.10. The monoisotopic (exact) mass is 279 g/mol. The van der Waals surface area contributed by atoms with Gasteiger partial charge in [0.15, 0.2) is 0 Å². The Hall–Kier alpha value is -1.88. The summed E-state index contributed by atoms with van der Waals surface area (Å²) in [4.78, 5) is 0.316. The highest BCUT2D eigenvalue weighted by atomic mass is 32.2. The molecule has 0 aliphatic heterocycles. The maximum absolute atomic E-state index is 13.1. The molecule has 0 saturated carbocycles. The van der Waals surface area contributed by atoms with Crippen molar-refractivity contribution in [2.75, 3.05) is 18.1 Å². The molecule has 19 heavy (non-hydrogen) atoms. The van der Waals surface area contributed by atoms with Crippen molar-refractivity contribution in [1.82, 2.24) is 0 Å². The zero-order valence-corrected chi connectivity index (χ0v) is 11.0. The number of benzene rings is 2. The van der Waals surface area contributed by atoms with E-state index < -0.39 is 16.6 Å². The van der Waals surface area contributed by atoms with E-state index in [2.05, 4.69) is 0 Å². The average Bonchev–Trinajstić information content (AvgIpc) is 2.42. The van der Waals surface area contributed by atoms with Crippen molar-refractivity contribution in [3.63, 3.8) is 0 Å². The van der Waals surface area contributed by atoms with Crippen LogP contribution in [-0.2, 0) is 10.8 Å². The topological polar surface area (TPSA) is 52.3 Å². The van der Waals surface area contributed by atoms with Crippen LogP contribution in [0.1, 0.15) is 0 Å². The Morgan fingerprint density at radius 1 is 1.16 bits per heavy atom. The van der Waals surface area contributed by atoms with E-state index >= 15 is 0 Å². The number of halogens is 1. The molecular formula is C14H14FNO2S. The van der Waals surface area contributed by atoms with Crippen LogP contribution in [-0.4, -0.2) is 16.6 Å². The van der Waals surface area contributed by atoms with Gasteiger partial charge in [-0.05, 0) is 30.3 Å². The molecule has 0 heterocycles. The minimum Gasteiger partial charge on any atom is -0.493 e. The summed E-state index contributed by atoms with van der Waals surface area (Å²) >= 11 is 0. The van der Waals surface area contributed by atoms with Gasteiger partial charge in [0.1, 0.15) is 18.2 Å². The van der Waals surface area contributed by atoms with E-state index in [1.54, 1.807) is 0 Å². The molecule has 2 aromatic carbocycles. The van der Waals surface area contributed by atoms with E-state index in [1.165, 1.54) is 18.2 Å². The number of para-hydroxylation sites is 1. The van der Waals surface area contributed by atoms with E-state index in [-0.39, 0.29) is 12.4 Å². The Morgan fingerprint density at radius 2 is 1.89 bits per heavy atom. The molecule has 5 heteroatoms. The molecule has 0 spiro atoms. The fraction of sp³-hybridized carbons (Fsp3) is 0.143. The van der Waals surface area contributed by atoms with E-state index in [9.17, 15) is 8.60 Å². The summed E-state index contributed by atoms with van der Waals surface area (Å²) in [7, 11) is -1.37. The highest BCUT2D eigenvalue weighted by Crippen LogP contribution is 2.18. The first-order valence-electron chi connectivity index (χ1n) is 5.78. The average molecular weight is 279 g/mol. The molecular weight excluding hydrogens is 265 g/mol. The predicted molar refractivity (Wildman–Crippen MR) is 74.0 cm³/mol. The molecule has 100 valence electrons. The van der Waals surface area contributed by atoms with Crippen molar-refractivity contribution in [2.24, 2.45) is 0 Å². The van der Waals surface area contributed by atoms with Gasteiger partial charge in [-0.25, -0.2) is 4.39 Å². The maximum Gasteiger partial charge on any atom is 0.124 e. The third-order valence-electron chi connectivity index (χ3n) is 2.50. The number of ether oxygens (including phenoxy) is 1. The predicted octanol–water partition coefficient (Wildman–Crippen LogP) is 2.59. The molecule has 0 bridgehead atoms. The van der Waals surface area contributed by atoms with Crippen LogP contribution in [0.4, 0.5) is 10.1 Å². The molecule has 2 aromatic rings. The first-order chi connectivity index (χ1) is 9.16. The number of rotatable bonds is 5. The summed E-state index contributed by atoms with van der Waals surface area (Å²) in [5, 5.41) is 0. The first kappa shape index (κ1) is 13.5. The molecule has 0 radical (unpaired) electrons. The van der Waals surface area contributed by atoms with E-state index in [0.29, 0.717) is 16.3 Å². The fourth-order valence-electron chi connectivity index (χ4n) is 1.57. The Bertz CT molecular complexity index is 575. The van der Waals surface area contributed by atoms with Gasteiger partial charge in [0.05, 0.1) is 21.4 Å². The van der Waals surface area contributed by atoms with Crippen LogP contribution in [0.25, 0.3) is 0 Å². The van der Waals surface area contributed by atoms with Crippen molar-refractivity contribution in [3.05, 3.63) is 54.3 Å². The van der Waals surface area contributed by atoms with Crippen LogP contribution in [0, 0.1) is 5.82 Å². The van der Waals surface area contributed by atoms with Gasteiger partial charge in [0.2, 0.25) is 0 Å². The van der Waals surface area contributed by atoms with Gasteiger partial charge in [-0.15, -0.1) is 0 Å². The standard InChI is InChI=1S/C14H14FNO2S/c15-11-6-7-13(16)14(10-11)19(17)9-8-18-12-4-2-1-3-5-12/h1-7,10H,8-9,16H2. The number of nitrogen functional groups attached to an aromatic ring is 1. The van der Waals surface area contributed by atoms with Crippen molar-refractivity contribution in [2.45, 2.75) is 4.90 Å². The molecule has 2 rings (SSSR count). The van der Waals surface area contributed by atoms with E-state index in [1.807, 2.05) is 30.3 Å². The van der Waals surface area contributed by atoms with Crippen molar-refractivity contribution in [3.8, 4) is 5.75 Å². The quantitative estimate of drug-likeness (QED) is 0.856. The van der Waals surface area contributed by atoms with Gasteiger partial charge in [0.25, 0.3) is 0 Å². The fourth-order valence-corrected chi connectivity index (χ4v) is 2.60. The molecule has 0 aromatic heterocycles. The summed E-state index contributed by atoms with van der Waals surface area (Å²) in [5.74, 6) is 0.538. The lowest BCUT2D eigenvalue weighted by Gasteiger charge is -2.07. The lowest BCUT2D eigenvalue weighted by molar-refractivity contribution is 0.342. The van der Waals surface area contributed by atoms with Crippen LogP contribution in [0.5, 0.6) is 5.75 Å². The van der Waals surface area contributed by atoms with E-state index in [4.69, 9.17) is 10.5 Å². The Morgan fingerprint density at radius 3 is 2.63 bits per heavy atom. The third kappa shape index (κ3) is 3.79. The summed E-state index contributed by atoms with van der Waals surface area (Å²) < 4.78 is 30.5. The molecule has 2 N–H and O–H groups in total. The second-order valence-electron chi connectivity index (χ2n) is 3.89. The number of anilines is 1. The summed E-state index contributed by atoms with van der Waals surface area (Å²) in [6.07, 6.45) is 0. The zero-order valence-electron chi connectivity index (χ0n) is 10.2. The van der Waals surface area contributed by atoms with Gasteiger partial charge in [-0.3, -0.25) is 4.21 Å². The zero-order chi connectivity index (χ0) is 13.7. The Balaban J connectivity index is 1.93. The van der Waals surface area contributed by atoms with Crippen molar-refractivity contribution in [1.29, 1.82) is 0 Å². The Kier molecular flexibility index (Phi) is 4.52. The smallest absolute Gasteiger partial charge is 0.124 e. The lowest BCUT2D eigenvalue weighted by Crippen LogP contribution is -2.10. The Labute approximate surface area is 113 Å². The second-order valence-corrected chi connectivity index (χ2v) is 5.43. The largest absolute Gasteiger partial charge is 0.493 e. The SMILES string of the molecule is Nc1ccc(F)cc1S(=O)CCOc1ccccc1. The molecule has 1 atom stereocenters. The molecule has 0 aliphatic carbocycles. The van der Waals surface area contributed by atoms with E-state index in [0.717, 1.165) is 0 Å². The summed E-state index contributed by atoms with van der Waals surface area (Å²) in [5.41, 5.74) is 6.01. The van der Waals surface area contributed by atoms with Crippen LogP contribution >= 0.6 is 0 Å². The number of hydrogen-bond acceptors (Lipinski definition) is 3. The van der Waals surface area contributed by atoms with Crippen LogP contribution < -0.4 is 10.5 Å². The van der Waals surface area contributed by atoms with Gasteiger partial charge in [-0.2, -0.15) is 0 Å². The van der Waals surface area contributed by atoms with Crippen molar-refractivity contribution < 1.29 is 13.3 Å². The molecule has 3 nitrogen and oxygen atoms in total. The molecule has 0 saturated heterocycles. The highest BCUT2D eigenvalue weighted by Gasteiger charge is 2.09. The van der Waals surface area contributed by atoms with Gasteiger partial charge < -0.3 is 10.5 Å². The van der Waals surface area contributed by atoms with Crippen LogP contribution in [0.3, 0.4) is 0 Å². The minimum atomic E-state index is -1.37. The maximum atomic E-state index is 13.1. The lowest BCUT2D eigenvalue weighted by atomic mass is 10.3. The third-order valence-corrected chi connectivity index (χ3v) is 3.88. The van der Waals surface area contributed by atoms with Gasteiger partial charge in [0, 0.05) is 5.69 Å². The van der Waals surface area contributed by atoms with Crippen LogP contribution in [0.2, 0.25) is 0 Å². The minimum absolute atomic E-state index is 0.266. The molecule has 1 unspecified atom stereocenters. The van der Waals surface area contributed by atoms with Crippen LogP contribution in [0.15, 0.2) is 53.4 Å². The van der Waals surface area contributed by atoms with Gasteiger partial charge >= 0.3 is 0 Å². The number of nitrogens with two attached hydrogens (primary N) is 1. The molecule has 0 amide bonds. The summed E-state index contributed by atoms with van der Waals surface area (Å²) in [6, 6.07) is 13.1. The normalized spacial score (nSPS) is 12.1. The highest BCUT2D eigenvalue weighted by molar-refractivity contribution is 7.85. The van der Waals surface area contributed by atoms with Gasteiger partial charge in [-0.1, -0.05) is 18.2 Å². The molecule has 0 aliphatic rings. The second kappa shape index (κ2) is 6.33.